The molecule has 2 aromatic rings. The van der Waals surface area contributed by atoms with Crippen molar-refractivity contribution in [3.63, 3.8) is 0 Å². The maximum absolute atomic E-state index is 12.5. The Morgan fingerprint density at radius 1 is 1.09 bits per heavy atom. The molecule has 1 aromatic heterocycles. The number of pyridine rings is 1. The molecule has 1 aliphatic rings. The lowest BCUT2D eigenvalue weighted by Crippen LogP contribution is -2.41. The van der Waals surface area contributed by atoms with E-state index in [-0.39, 0.29) is 5.69 Å². The molecule has 1 amide bonds. The van der Waals surface area contributed by atoms with Crippen molar-refractivity contribution >= 4 is 29.1 Å². The van der Waals surface area contributed by atoms with Crippen LogP contribution in [0.1, 0.15) is 16.1 Å². The summed E-state index contributed by atoms with van der Waals surface area (Å²) in [7, 11) is 0. The highest BCUT2D eigenvalue weighted by atomic mass is 35.5. The number of aromatic nitrogens is 1. The van der Waals surface area contributed by atoms with Gasteiger partial charge < -0.3 is 14.6 Å². The van der Waals surface area contributed by atoms with E-state index in [9.17, 15) is 14.7 Å². The number of benzene rings is 1. The van der Waals surface area contributed by atoms with Crippen molar-refractivity contribution in [3.05, 3.63) is 62.0 Å². The van der Waals surface area contributed by atoms with Crippen LogP contribution in [0.4, 0.5) is 0 Å². The minimum atomic E-state index is -0.563. The lowest BCUT2D eigenvalue weighted by molar-refractivity contribution is 0.0683. The van der Waals surface area contributed by atoms with Crippen LogP contribution in [-0.4, -0.2) is 27.0 Å². The van der Waals surface area contributed by atoms with Gasteiger partial charge in [0, 0.05) is 41.9 Å². The number of nitrogens with zero attached hydrogens (tertiary/aromatic N) is 2. The predicted molar refractivity (Wildman–Crippen MR) is 83.6 cm³/mol. The second-order valence-corrected chi connectivity index (χ2v) is 5.95. The number of hydrogen-bond acceptors (Lipinski definition) is 3. The van der Waals surface area contributed by atoms with Crippen LogP contribution in [-0.2, 0) is 13.1 Å². The molecule has 0 aliphatic carbocycles. The van der Waals surface area contributed by atoms with Gasteiger partial charge in [-0.3, -0.25) is 9.59 Å². The van der Waals surface area contributed by atoms with Crippen LogP contribution in [0.5, 0.6) is 5.75 Å². The van der Waals surface area contributed by atoms with Crippen LogP contribution >= 0.6 is 23.2 Å². The van der Waals surface area contributed by atoms with Crippen LogP contribution in [0.15, 0.2) is 35.3 Å². The Bertz CT molecular complexity index is 797. The second kappa shape index (κ2) is 5.66. The highest BCUT2D eigenvalue weighted by Gasteiger charge is 2.28. The van der Waals surface area contributed by atoms with Gasteiger partial charge in [-0.1, -0.05) is 23.2 Å². The number of halogens is 2. The highest BCUT2D eigenvalue weighted by Crippen LogP contribution is 2.23. The summed E-state index contributed by atoms with van der Waals surface area (Å²) in [6.07, 6.45) is 1.52. The van der Waals surface area contributed by atoms with Crippen molar-refractivity contribution in [3.8, 4) is 5.75 Å². The first-order chi connectivity index (χ1) is 10.5. The molecule has 0 saturated carbocycles. The zero-order chi connectivity index (χ0) is 15.9. The Labute approximate surface area is 136 Å². The van der Waals surface area contributed by atoms with Crippen LogP contribution in [0.25, 0.3) is 0 Å². The van der Waals surface area contributed by atoms with Crippen LogP contribution in [0, 0.1) is 0 Å². The number of rotatable bonds is 2. The monoisotopic (exact) mass is 338 g/mol. The number of carbonyl (C=O) groups is 1. The Hall–Kier alpha value is -1.98. The van der Waals surface area contributed by atoms with E-state index in [1.54, 1.807) is 27.7 Å². The molecule has 0 fully saturated rings. The van der Waals surface area contributed by atoms with Gasteiger partial charge in [0.1, 0.15) is 0 Å². The molecule has 0 radical (unpaired) electrons. The molecular formula is C15H12Cl2N2O3. The van der Waals surface area contributed by atoms with E-state index >= 15 is 0 Å². The SMILES string of the molecule is O=C1c2c(O)c(=O)ccn2CCN1Cc1cc(Cl)cc(Cl)c1. The fourth-order valence-corrected chi connectivity index (χ4v) is 3.10. The van der Waals surface area contributed by atoms with Gasteiger partial charge in [0.2, 0.25) is 5.43 Å². The van der Waals surface area contributed by atoms with E-state index in [1.165, 1.54) is 12.3 Å². The molecule has 0 saturated heterocycles. The number of amides is 1. The van der Waals surface area contributed by atoms with Gasteiger partial charge in [0.15, 0.2) is 11.4 Å². The number of carbonyl (C=O) groups excluding carboxylic acids is 1. The molecule has 1 N–H and O–H groups in total. The topological polar surface area (TPSA) is 62.5 Å². The molecule has 1 aromatic carbocycles. The molecule has 2 heterocycles. The number of hydrogen-bond donors (Lipinski definition) is 1. The average molecular weight is 339 g/mol. The van der Waals surface area contributed by atoms with E-state index in [0.717, 1.165) is 5.56 Å². The van der Waals surface area contributed by atoms with Crippen LogP contribution in [0.2, 0.25) is 10.0 Å². The van der Waals surface area contributed by atoms with Gasteiger partial charge in [-0.05, 0) is 23.8 Å². The molecular weight excluding hydrogens is 327 g/mol. The summed E-state index contributed by atoms with van der Waals surface area (Å²) in [6.45, 7) is 1.28. The van der Waals surface area contributed by atoms with E-state index < -0.39 is 17.1 Å². The smallest absolute Gasteiger partial charge is 0.274 e. The number of fused-ring (bicyclic) bond motifs is 1. The normalized spacial score (nSPS) is 14.1. The van der Waals surface area contributed by atoms with Crippen molar-refractivity contribution in [1.82, 2.24) is 9.47 Å². The summed E-state index contributed by atoms with van der Waals surface area (Å²) in [4.78, 5) is 25.6. The first-order valence-corrected chi connectivity index (χ1v) is 7.38. The van der Waals surface area contributed by atoms with Crippen LogP contribution < -0.4 is 5.43 Å². The molecule has 7 heteroatoms. The minimum absolute atomic E-state index is 0.0203. The summed E-state index contributed by atoms with van der Waals surface area (Å²) in [5.74, 6) is -0.904. The van der Waals surface area contributed by atoms with E-state index in [2.05, 4.69) is 0 Å². The summed E-state index contributed by atoms with van der Waals surface area (Å²) in [5.41, 5.74) is 0.246. The van der Waals surface area contributed by atoms with Crippen molar-refractivity contribution < 1.29 is 9.90 Å². The Morgan fingerprint density at radius 2 is 1.77 bits per heavy atom. The summed E-state index contributed by atoms with van der Waals surface area (Å²) in [5, 5.41) is 10.8. The standard InChI is InChI=1S/C15H12Cl2N2O3/c16-10-5-9(6-11(17)7-10)8-19-4-3-18-2-1-12(20)14(21)13(18)15(19)22/h1-2,5-7,21H,3-4,8H2. The van der Waals surface area contributed by atoms with Crippen molar-refractivity contribution in [2.24, 2.45) is 0 Å². The number of aromatic hydroxyl groups is 1. The largest absolute Gasteiger partial charge is 0.503 e. The van der Waals surface area contributed by atoms with Gasteiger partial charge >= 0.3 is 0 Å². The van der Waals surface area contributed by atoms with Crippen molar-refractivity contribution in [2.45, 2.75) is 13.1 Å². The first kappa shape index (κ1) is 14.9. The molecule has 0 bridgehead atoms. The third kappa shape index (κ3) is 2.69. The van der Waals surface area contributed by atoms with E-state index in [4.69, 9.17) is 23.2 Å². The lowest BCUT2D eigenvalue weighted by atomic mass is 10.1. The Morgan fingerprint density at radius 3 is 2.45 bits per heavy atom. The average Bonchev–Trinajstić information content (AvgIpc) is 2.44. The third-order valence-electron chi connectivity index (χ3n) is 3.55. The van der Waals surface area contributed by atoms with Gasteiger partial charge in [0.25, 0.3) is 5.91 Å². The molecule has 114 valence electrons. The molecule has 0 spiro atoms. The molecule has 1 aliphatic heterocycles. The molecule has 0 atom stereocenters. The van der Waals surface area contributed by atoms with Crippen molar-refractivity contribution in [1.29, 1.82) is 0 Å². The van der Waals surface area contributed by atoms with E-state index in [1.807, 2.05) is 0 Å². The maximum Gasteiger partial charge on any atom is 0.274 e. The summed E-state index contributed by atoms with van der Waals surface area (Å²) in [6, 6.07) is 6.32. The Kier molecular flexibility index (Phi) is 3.85. The predicted octanol–water partition coefficient (Wildman–Crippen LogP) is 2.52. The maximum atomic E-state index is 12.5. The zero-order valence-electron chi connectivity index (χ0n) is 11.4. The van der Waals surface area contributed by atoms with Gasteiger partial charge in [0.05, 0.1) is 0 Å². The zero-order valence-corrected chi connectivity index (χ0v) is 12.9. The van der Waals surface area contributed by atoms with Gasteiger partial charge in [-0.25, -0.2) is 0 Å². The lowest BCUT2D eigenvalue weighted by Gasteiger charge is -2.30. The first-order valence-electron chi connectivity index (χ1n) is 6.62. The molecule has 0 unspecified atom stereocenters. The van der Waals surface area contributed by atoms with E-state index in [0.29, 0.717) is 29.7 Å². The quantitative estimate of drug-likeness (QED) is 0.915. The molecule has 22 heavy (non-hydrogen) atoms. The highest BCUT2D eigenvalue weighted by molar-refractivity contribution is 6.34. The second-order valence-electron chi connectivity index (χ2n) is 5.08. The fourth-order valence-electron chi connectivity index (χ4n) is 2.53. The summed E-state index contributed by atoms with van der Waals surface area (Å²) >= 11 is 11.9. The molecule has 3 rings (SSSR count). The van der Waals surface area contributed by atoms with Gasteiger partial charge in [-0.2, -0.15) is 0 Å². The summed E-state index contributed by atoms with van der Waals surface area (Å²) < 4.78 is 1.58. The third-order valence-corrected chi connectivity index (χ3v) is 3.98. The Balaban J connectivity index is 1.93. The molecule has 5 nitrogen and oxygen atoms in total. The minimum Gasteiger partial charge on any atom is -0.503 e. The van der Waals surface area contributed by atoms with Gasteiger partial charge in [-0.15, -0.1) is 0 Å². The van der Waals surface area contributed by atoms with Crippen molar-refractivity contribution in [2.75, 3.05) is 6.54 Å². The fraction of sp³-hybridized carbons (Fsp3) is 0.200. The van der Waals surface area contributed by atoms with Crippen LogP contribution in [0.3, 0.4) is 0 Å².